The summed E-state index contributed by atoms with van der Waals surface area (Å²) in [7, 11) is 0. The van der Waals surface area contributed by atoms with E-state index in [1.807, 2.05) is 0 Å². The van der Waals surface area contributed by atoms with Gasteiger partial charge in [-0.05, 0) is 19.3 Å². The van der Waals surface area contributed by atoms with E-state index in [9.17, 15) is 0 Å². The Bertz CT molecular complexity index is 97.7. The maximum atomic E-state index is 8.86. The van der Waals surface area contributed by atoms with Crippen LogP contribution in [0.1, 0.15) is 32.6 Å². The summed E-state index contributed by atoms with van der Waals surface area (Å²) in [6, 6.07) is 0. The van der Waals surface area contributed by atoms with E-state index in [0.29, 0.717) is 6.61 Å². The van der Waals surface area contributed by atoms with Crippen LogP contribution in [0.2, 0.25) is 0 Å². The summed E-state index contributed by atoms with van der Waals surface area (Å²) >= 11 is 0. The van der Waals surface area contributed by atoms with E-state index in [-0.39, 0.29) is 6.10 Å². The van der Waals surface area contributed by atoms with Gasteiger partial charge in [-0.15, -0.1) is 0 Å². The van der Waals surface area contributed by atoms with Crippen LogP contribution in [0.15, 0.2) is 0 Å². The van der Waals surface area contributed by atoms with Crippen LogP contribution in [0.4, 0.5) is 0 Å². The molecule has 2 heteroatoms. The summed E-state index contributed by atoms with van der Waals surface area (Å²) < 4.78 is 5.25. The minimum atomic E-state index is -0.309. The monoisotopic (exact) mass is 158 g/mol. The fourth-order valence-corrected chi connectivity index (χ4v) is 1.29. The number of hydrogen-bond acceptors (Lipinski definition) is 2. The van der Waals surface area contributed by atoms with Gasteiger partial charge < -0.3 is 9.84 Å². The highest BCUT2D eigenvalue weighted by atomic mass is 16.5. The molecule has 1 aliphatic carbocycles. The minimum absolute atomic E-state index is 0.309. The fourth-order valence-electron chi connectivity index (χ4n) is 1.29. The zero-order valence-electron chi connectivity index (χ0n) is 7.25. The molecule has 1 atom stereocenters. The Kier molecular flexibility index (Phi) is 3.87. The van der Waals surface area contributed by atoms with Crippen LogP contribution in [0.25, 0.3) is 0 Å². The Morgan fingerprint density at radius 3 is 2.73 bits per heavy atom. The Morgan fingerprint density at radius 2 is 2.27 bits per heavy atom. The standard InChI is InChI=1S/C9H18O2/c1-8(10)7-11-6-5-9-3-2-4-9/h8-10H,2-7H2,1H3/t8-/m0/s1. The molecular weight excluding hydrogens is 140 g/mol. The highest BCUT2D eigenvalue weighted by Gasteiger charge is 2.16. The minimum Gasteiger partial charge on any atom is -0.391 e. The molecule has 0 aromatic rings. The van der Waals surface area contributed by atoms with Crippen LogP contribution < -0.4 is 0 Å². The Labute approximate surface area is 68.6 Å². The van der Waals surface area contributed by atoms with E-state index in [1.165, 1.54) is 25.7 Å². The quantitative estimate of drug-likeness (QED) is 0.615. The zero-order valence-corrected chi connectivity index (χ0v) is 7.25. The van der Waals surface area contributed by atoms with E-state index < -0.39 is 0 Å². The van der Waals surface area contributed by atoms with Crippen molar-refractivity contribution >= 4 is 0 Å². The van der Waals surface area contributed by atoms with Gasteiger partial charge in [0.05, 0.1) is 12.7 Å². The number of ether oxygens (including phenoxy) is 1. The van der Waals surface area contributed by atoms with Crippen LogP contribution in [0.5, 0.6) is 0 Å². The summed E-state index contributed by atoms with van der Waals surface area (Å²) in [4.78, 5) is 0. The van der Waals surface area contributed by atoms with Crippen molar-refractivity contribution in [3.05, 3.63) is 0 Å². The molecule has 0 aliphatic heterocycles. The van der Waals surface area contributed by atoms with Crippen LogP contribution in [-0.2, 0) is 4.74 Å². The highest BCUT2D eigenvalue weighted by Crippen LogP contribution is 2.28. The van der Waals surface area contributed by atoms with Gasteiger partial charge in [-0.25, -0.2) is 0 Å². The molecule has 2 nitrogen and oxygen atoms in total. The predicted octanol–water partition coefficient (Wildman–Crippen LogP) is 1.57. The van der Waals surface area contributed by atoms with Gasteiger partial charge in [0.1, 0.15) is 0 Å². The van der Waals surface area contributed by atoms with Crippen molar-refractivity contribution in [2.45, 2.75) is 38.7 Å². The molecule has 0 radical (unpaired) electrons. The third-order valence-corrected chi connectivity index (χ3v) is 2.25. The summed E-state index contributed by atoms with van der Waals surface area (Å²) in [5.74, 6) is 0.920. The smallest absolute Gasteiger partial charge is 0.0745 e. The van der Waals surface area contributed by atoms with Crippen molar-refractivity contribution in [1.29, 1.82) is 0 Å². The molecule has 0 amide bonds. The van der Waals surface area contributed by atoms with E-state index in [4.69, 9.17) is 9.84 Å². The molecule has 11 heavy (non-hydrogen) atoms. The first-order valence-corrected chi connectivity index (χ1v) is 4.55. The molecule has 0 spiro atoms. The van der Waals surface area contributed by atoms with Gasteiger partial charge in [0.25, 0.3) is 0 Å². The van der Waals surface area contributed by atoms with Crippen molar-refractivity contribution < 1.29 is 9.84 Å². The maximum absolute atomic E-state index is 8.86. The van der Waals surface area contributed by atoms with Crippen molar-refractivity contribution in [2.75, 3.05) is 13.2 Å². The largest absolute Gasteiger partial charge is 0.391 e. The van der Waals surface area contributed by atoms with Gasteiger partial charge in [-0.3, -0.25) is 0 Å². The lowest BCUT2D eigenvalue weighted by atomic mass is 9.83. The SMILES string of the molecule is C[C@H](O)COCCC1CCC1. The lowest BCUT2D eigenvalue weighted by molar-refractivity contribution is 0.0358. The van der Waals surface area contributed by atoms with Gasteiger partial charge in [-0.1, -0.05) is 19.3 Å². The summed E-state index contributed by atoms with van der Waals surface area (Å²) in [6.45, 7) is 3.08. The number of rotatable bonds is 5. The molecule has 1 rings (SSSR count). The second-order valence-electron chi connectivity index (χ2n) is 3.51. The Balaban J connectivity index is 1.80. The second kappa shape index (κ2) is 4.73. The van der Waals surface area contributed by atoms with Crippen molar-refractivity contribution in [2.24, 2.45) is 5.92 Å². The molecule has 0 aromatic carbocycles. The third-order valence-electron chi connectivity index (χ3n) is 2.25. The molecule has 0 unspecified atom stereocenters. The van der Waals surface area contributed by atoms with E-state index in [0.717, 1.165) is 12.5 Å². The van der Waals surface area contributed by atoms with E-state index >= 15 is 0 Å². The second-order valence-corrected chi connectivity index (χ2v) is 3.51. The van der Waals surface area contributed by atoms with Crippen molar-refractivity contribution in [3.63, 3.8) is 0 Å². The molecule has 0 aromatic heterocycles. The molecule has 1 fully saturated rings. The highest BCUT2D eigenvalue weighted by molar-refractivity contribution is 4.68. The Hall–Kier alpha value is -0.0800. The fraction of sp³-hybridized carbons (Fsp3) is 1.00. The number of aliphatic hydroxyl groups is 1. The molecule has 1 N–H and O–H groups in total. The lowest BCUT2D eigenvalue weighted by Gasteiger charge is -2.24. The number of hydrogen-bond donors (Lipinski definition) is 1. The normalized spacial score (nSPS) is 21.3. The van der Waals surface area contributed by atoms with Crippen molar-refractivity contribution in [3.8, 4) is 0 Å². The molecule has 0 heterocycles. The van der Waals surface area contributed by atoms with Crippen LogP contribution >= 0.6 is 0 Å². The first-order chi connectivity index (χ1) is 5.29. The molecule has 0 saturated heterocycles. The summed E-state index contributed by atoms with van der Waals surface area (Å²) in [5.41, 5.74) is 0. The molecular formula is C9H18O2. The molecule has 1 saturated carbocycles. The molecule has 66 valence electrons. The van der Waals surface area contributed by atoms with Gasteiger partial charge in [0.15, 0.2) is 0 Å². The maximum Gasteiger partial charge on any atom is 0.0745 e. The average Bonchev–Trinajstić information content (AvgIpc) is 1.82. The van der Waals surface area contributed by atoms with Crippen LogP contribution in [-0.4, -0.2) is 24.4 Å². The first-order valence-electron chi connectivity index (χ1n) is 4.55. The predicted molar refractivity (Wildman–Crippen MR) is 44.5 cm³/mol. The van der Waals surface area contributed by atoms with E-state index in [2.05, 4.69) is 0 Å². The van der Waals surface area contributed by atoms with Gasteiger partial charge in [-0.2, -0.15) is 0 Å². The average molecular weight is 158 g/mol. The third kappa shape index (κ3) is 3.73. The summed E-state index contributed by atoms with van der Waals surface area (Å²) in [6.07, 6.45) is 5.06. The van der Waals surface area contributed by atoms with Gasteiger partial charge >= 0.3 is 0 Å². The number of aliphatic hydroxyl groups excluding tert-OH is 1. The Morgan fingerprint density at radius 1 is 1.55 bits per heavy atom. The van der Waals surface area contributed by atoms with Gasteiger partial charge in [0, 0.05) is 6.61 Å². The van der Waals surface area contributed by atoms with Crippen LogP contribution in [0, 0.1) is 5.92 Å². The van der Waals surface area contributed by atoms with E-state index in [1.54, 1.807) is 6.92 Å². The van der Waals surface area contributed by atoms with Gasteiger partial charge in [0.2, 0.25) is 0 Å². The van der Waals surface area contributed by atoms with Crippen LogP contribution in [0.3, 0.4) is 0 Å². The molecule has 0 bridgehead atoms. The topological polar surface area (TPSA) is 29.5 Å². The summed E-state index contributed by atoms with van der Waals surface area (Å²) in [5, 5.41) is 8.86. The molecule has 1 aliphatic rings. The zero-order chi connectivity index (χ0) is 8.10. The first kappa shape index (κ1) is 9.01. The lowest BCUT2D eigenvalue weighted by Crippen LogP contribution is -2.16. The van der Waals surface area contributed by atoms with Crippen molar-refractivity contribution in [1.82, 2.24) is 0 Å².